The number of carbonyl (C=O) groups excluding carboxylic acids is 2. The first-order valence-electron chi connectivity index (χ1n) is 8.78. The minimum absolute atomic E-state index is 0.0984. The van der Waals surface area contributed by atoms with Gasteiger partial charge in [0.05, 0.1) is 6.54 Å². The highest BCUT2D eigenvalue weighted by Gasteiger charge is 2.26. The number of amides is 2. The summed E-state index contributed by atoms with van der Waals surface area (Å²) in [4.78, 5) is 25.5. The van der Waals surface area contributed by atoms with Crippen LogP contribution >= 0.6 is 0 Å². The van der Waals surface area contributed by atoms with Crippen molar-refractivity contribution in [3.8, 4) is 0 Å². The average Bonchev–Trinajstić information content (AvgIpc) is 3.09. The molecule has 0 bridgehead atoms. The molecule has 5 nitrogen and oxygen atoms in total. The molecule has 2 N–H and O–H groups in total. The van der Waals surface area contributed by atoms with Crippen LogP contribution in [0.1, 0.15) is 44.2 Å². The van der Waals surface area contributed by atoms with Crippen molar-refractivity contribution < 1.29 is 9.59 Å². The standard InChI is InChI=1S/C19H29N3O2/c1-14(19(24)22(2)3)21-17(23)13-20-18(16-11-7-8-12-16)15-9-5-4-6-10-15/h4-6,9-10,14,16,18,20H,7-8,11-13H2,1-3H3,(H,21,23)/t14-,18+/m0/s1. The Morgan fingerprint density at radius 1 is 1.17 bits per heavy atom. The molecule has 1 aliphatic rings. The van der Waals surface area contributed by atoms with Crippen LogP contribution in [0.4, 0.5) is 0 Å². The zero-order chi connectivity index (χ0) is 17.5. The summed E-state index contributed by atoms with van der Waals surface area (Å²) in [5.41, 5.74) is 1.23. The molecule has 1 aromatic rings. The van der Waals surface area contributed by atoms with Crippen LogP contribution in [0.15, 0.2) is 30.3 Å². The number of hydrogen-bond acceptors (Lipinski definition) is 3. The first-order chi connectivity index (χ1) is 11.5. The number of likely N-dealkylation sites (N-methyl/N-ethyl adjacent to an activating group) is 1. The quantitative estimate of drug-likeness (QED) is 0.804. The number of carbonyl (C=O) groups is 2. The minimum Gasteiger partial charge on any atom is -0.347 e. The lowest BCUT2D eigenvalue weighted by molar-refractivity contribution is -0.133. The van der Waals surface area contributed by atoms with Crippen LogP contribution in [0.2, 0.25) is 0 Å². The van der Waals surface area contributed by atoms with Crippen LogP contribution in [-0.2, 0) is 9.59 Å². The molecular formula is C19H29N3O2. The lowest BCUT2D eigenvalue weighted by Gasteiger charge is -2.25. The lowest BCUT2D eigenvalue weighted by Crippen LogP contribution is -2.47. The van der Waals surface area contributed by atoms with Crippen molar-refractivity contribution >= 4 is 11.8 Å². The van der Waals surface area contributed by atoms with Gasteiger partial charge in [-0.3, -0.25) is 9.59 Å². The molecule has 0 unspecified atom stereocenters. The summed E-state index contributed by atoms with van der Waals surface area (Å²) in [6.07, 6.45) is 4.92. The maximum atomic E-state index is 12.2. The highest BCUT2D eigenvalue weighted by atomic mass is 16.2. The Morgan fingerprint density at radius 2 is 1.79 bits per heavy atom. The first kappa shape index (κ1) is 18.5. The fraction of sp³-hybridized carbons (Fsp3) is 0.579. The molecule has 2 amide bonds. The van der Waals surface area contributed by atoms with Crippen molar-refractivity contribution in [2.24, 2.45) is 5.92 Å². The molecule has 0 spiro atoms. The molecule has 2 rings (SSSR count). The van der Waals surface area contributed by atoms with Gasteiger partial charge >= 0.3 is 0 Å². The molecule has 1 aliphatic carbocycles. The predicted octanol–water partition coefficient (Wildman–Crippen LogP) is 2.10. The molecule has 1 fully saturated rings. The zero-order valence-electron chi connectivity index (χ0n) is 14.9. The molecule has 0 radical (unpaired) electrons. The smallest absolute Gasteiger partial charge is 0.244 e. The van der Waals surface area contributed by atoms with Gasteiger partial charge in [0, 0.05) is 20.1 Å². The molecule has 1 saturated carbocycles. The van der Waals surface area contributed by atoms with Gasteiger partial charge in [0.2, 0.25) is 11.8 Å². The van der Waals surface area contributed by atoms with Gasteiger partial charge in [-0.2, -0.15) is 0 Å². The fourth-order valence-electron chi connectivity index (χ4n) is 3.45. The van der Waals surface area contributed by atoms with Crippen molar-refractivity contribution in [1.29, 1.82) is 0 Å². The van der Waals surface area contributed by atoms with E-state index < -0.39 is 6.04 Å². The number of benzene rings is 1. The molecule has 5 heteroatoms. The number of nitrogens with one attached hydrogen (secondary N) is 2. The van der Waals surface area contributed by atoms with Crippen LogP contribution in [-0.4, -0.2) is 43.4 Å². The molecule has 0 saturated heterocycles. The monoisotopic (exact) mass is 331 g/mol. The maximum absolute atomic E-state index is 12.2. The van der Waals surface area contributed by atoms with Crippen LogP contribution in [0.3, 0.4) is 0 Å². The van der Waals surface area contributed by atoms with Gasteiger partial charge in [-0.1, -0.05) is 43.2 Å². The van der Waals surface area contributed by atoms with Crippen molar-refractivity contribution in [2.75, 3.05) is 20.6 Å². The third-order valence-corrected chi connectivity index (χ3v) is 4.70. The highest BCUT2D eigenvalue weighted by Crippen LogP contribution is 2.35. The van der Waals surface area contributed by atoms with E-state index in [1.807, 2.05) is 18.2 Å². The van der Waals surface area contributed by atoms with Crippen molar-refractivity contribution in [3.05, 3.63) is 35.9 Å². The second kappa shape index (κ2) is 8.83. The summed E-state index contributed by atoms with van der Waals surface area (Å²) in [5.74, 6) is 0.330. The van der Waals surface area contributed by atoms with E-state index in [1.165, 1.54) is 36.1 Å². The zero-order valence-corrected chi connectivity index (χ0v) is 14.9. The van der Waals surface area contributed by atoms with E-state index in [4.69, 9.17) is 0 Å². The molecule has 0 aliphatic heterocycles. The van der Waals surface area contributed by atoms with E-state index in [0.717, 1.165) is 0 Å². The van der Waals surface area contributed by atoms with Crippen molar-refractivity contribution in [2.45, 2.75) is 44.7 Å². The van der Waals surface area contributed by atoms with Gasteiger partial charge in [0.1, 0.15) is 6.04 Å². The molecule has 132 valence electrons. The second-order valence-electron chi connectivity index (χ2n) is 6.84. The summed E-state index contributed by atoms with van der Waals surface area (Å²) >= 11 is 0. The van der Waals surface area contributed by atoms with E-state index in [1.54, 1.807) is 21.0 Å². The summed E-state index contributed by atoms with van der Waals surface area (Å²) < 4.78 is 0. The molecular weight excluding hydrogens is 302 g/mol. The maximum Gasteiger partial charge on any atom is 0.244 e. The van der Waals surface area contributed by atoms with Gasteiger partial charge < -0.3 is 15.5 Å². The SMILES string of the molecule is C[C@H](NC(=O)CN[C@H](c1ccccc1)C1CCCC1)C(=O)N(C)C. The van der Waals surface area contributed by atoms with Gasteiger partial charge in [0.15, 0.2) is 0 Å². The molecule has 1 aromatic carbocycles. The largest absolute Gasteiger partial charge is 0.347 e. The van der Waals surface area contributed by atoms with Crippen LogP contribution in [0.25, 0.3) is 0 Å². The summed E-state index contributed by atoms with van der Waals surface area (Å²) in [5, 5.41) is 6.18. The molecule has 2 atom stereocenters. The van der Waals surface area contributed by atoms with Crippen LogP contribution in [0, 0.1) is 5.92 Å². The molecule has 24 heavy (non-hydrogen) atoms. The van der Waals surface area contributed by atoms with Crippen molar-refractivity contribution in [3.63, 3.8) is 0 Å². The van der Waals surface area contributed by atoms with Crippen LogP contribution in [0.5, 0.6) is 0 Å². The normalized spacial score (nSPS) is 17.3. The van der Waals surface area contributed by atoms with Crippen molar-refractivity contribution in [1.82, 2.24) is 15.5 Å². The third-order valence-electron chi connectivity index (χ3n) is 4.70. The number of nitrogens with zero attached hydrogens (tertiary/aromatic N) is 1. The van der Waals surface area contributed by atoms with E-state index in [-0.39, 0.29) is 24.4 Å². The highest BCUT2D eigenvalue weighted by molar-refractivity contribution is 5.87. The lowest BCUT2D eigenvalue weighted by atomic mass is 9.91. The molecule has 0 heterocycles. The number of hydrogen-bond donors (Lipinski definition) is 2. The third kappa shape index (κ3) is 5.06. The van der Waals surface area contributed by atoms with Gasteiger partial charge in [0.25, 0.3) is 0 Å². The Kier molecular flexibility index (Phi) is 6.79. The fourth-order valence-corrected chi connectivity index (χ4v) is 3.45. The van der Waals surface area contributed by atoms with Gasteiger partial charge in [-0.25, -0.2) is 0 Å². The van der Waals surface area contributed by atoms with E-state index in [0.29, 0.717) is 5.92 Å². The van der Waals surface area contributed by atoms with Gasteiger partial charge in [-0.15, -0.1) is 0 Å². The Hall–Kier alpha value is -1.88. The summed E-state index contributed by atoms with van der Waals surface area (Å²) in [6.45, 7) is 1.94. The average molecular weight is 331 g/mol. The summed E-state index contributed by atoms with van der Waals surface area (Å²) in [6, 6.07) is 10.0. The molecule has 0 aromatic heterocycles. The second-order valence-corrected chi connectivity index (χ2v) is 6.84. The minimum atomic E-state index is -0.504. The Morgan fingerprint density at radius 3 is 2.38 bits per heavy atom. The summed E-state index contributed by atoms with van der Waals surface area (Å²) in [7, 11) is 3.38. The Balaban J connectivity index is 1.93. The van der Waals surface area contributed by atoms with Gasteiger partial charge in [-0.05, 0) is 31.2 Å². The van der Waals surface area contributed by atoms with E-state index in [2.05, 4.69) is 22.8 Å². The Labute approximate surface area is 144 Å². The van der Waals surface area contributed by atoms with E-state index >= 15 is 0 Å². The van der Waals surface area contributed by atoms with Crippen LogP contribution < -0.4 is 10.6 Å². The Bertz CT molecular complexity index is 539. The predicted molar refractivity (Wildman–Crippen MR) is 95.4 cm³/mol. The van der Waals surface area contributed by atoms with E-state index in [9.17, 15) is 9.59 Å². The first-order valence-corrected chi connectivity index (χ1v) is 8.78. The number of rotatable bonds is 7. The topological polar surface area (TPSA) is 61.4 Å².